The summed E-state index contributed by atoms with van der Waals surface area (Å²) in [6.45, 7) is 1.74. The number of benzene rings is 1. The van der Waals surface area contributed by atoms with Gasteiger partial charge < -0.3 is 24.7 Å². The Bertz CT molecular complexity index is 1070. The monoisotopic (exact) mass is 389 g/mol. The van der Waals surface area contributed by atoms with Crippen molar-refractivity contribution in [2.75, 3.05) is 20.8 Å². The number of methoxy groups -OCH3 is 2. The summed E-state index contributed by atoms with van der Waals surface area (Å²) in [5, 5.41) is 0. The molecule has 0 amide bonds. The van der Waals surface area contributed by atoms with E-state index >= 15 is 0 Å². The number of hydrogen-bond donors (Lipinski definition) is 3. The molecule has 1 unspecified atom stereocenters. The molecule has 0 fully saturated rings. The van der Waals surface area contributed by atoms with E-state index in [2.05, 4.69) is 9.97 Å². The van der Waals surface area contributed by atoms with Gasteiger partial charge in [0.25, 0.3) is 5.56 Å². The summed E-state index contributed by atoms with van der Waals surface area (Å²) in [7, 11) is 2.94. The van der Waals surface area contributed by atoms with Crippen LogP contribution in [0.5, 0.6) is 17.4 Å². The van der Waals surface area contributed by atoms with Gasteiger partial charge in [0.05, 0.1) is 32.3 Å². The van der Waals surface area contributed by atoms with Gasteiger partial charge in [0.15, 0.2) is 11.5 Å². The van der Waals surface area contributed by atoms with Crippen LogP contribution < -0.4 is 31.2 Å². The molecule has 0 saturated heterocycles. The first-order valence-corrected chi connectivity index (χ1v) is 8.34. The fourth-order valence-corrected chi connectivity index (χ4v) is 3.06. The van der Waals surface area contributed by atoms with Crippen LogP contribution in [0.3, 0.4) is 0 Å². The van der Waals surface area contributed by atoms with Crippen LogP contribution in [0.1, 0.15) is 24.0 Å². The van der Waals surface area contributed by atoms with Crippen molar-refractivity contribution in [3.8, 4) is 17.4 Å². The van der Waals surface area contributed by atoms with Gasteiger partial charge in [0, 0.05) is 0 Å². The molecule has 2 heterocycles. The van der Waals surface area contributed by atoms with Crippen molar-refractivity contribution in [1.82, 2.24) is 9.97 Å². The highest BCUT2D eigenvalue weighted by Crippen LogP contribution is 2.41. The van der Waals surface area contributed by atoms with Gasteiger partial charge in [0.1, 0.15) is 5.57 Å². The normalized spacial score (nSPS) is 15.5. The van der Waals surface area contributed by atoms with Crippen molar-refractivity contribution in [3.63, 3.8) is 0 Å². The van der Waals surface area contributed by atoms with Gasteiger partial charge in [-0.05, 0) is 24.6 Å². The Morgan fingerprint density at radius 1 is 1.18 bits per heavy atom. The average Bonchev–Trinajstić information content (AvgIpc) is 2.66. The van der Waals surface area contributed by atoms with Crippen molar-refractivity contribution in [2.45, 2.75) is 12.8 Å². The van der Waals surface area contributed by atoms with Crippen LogP contribution in [0.4, 0.5) is 0 Å². The van der Waals surface area contributed by atoms with Crippen LogP contribution in [0.2, 0.25) is 0 Å². The molecule has 0 saturated carbocycles. The summed E-state index contributed by atoms with van der Waals surface area (Å²) >= 11 is 0. The number of rotatable bonds is 5. The van der Waals surface area contributed by atoms with Crippen molar-refractivity contribution >= 4 is 5.97 Å². The van der Waals surface area contributed by atoms with Crippen molar-refractivity contribution < 1.29 is 23.7 Å². The Kier molecular flexibility index (Phi) is 5.12. The lowest BCUT2D eigenvalue weighted by Gasteiger charge is -2.27. The highest BCUT2D eigenvalue weighted by Gasteiger charge is 2.38. The van der Waals surface area contributed by atoms with E-state index in [9.17, 15) is 14.4 Å². The smallest absolute Gasteiger partial charge is 0.340 e. The molecule has 148 valence electrons. The molecule has 10 nitrogen and oxygen atoms in total. The summed E-state index contributed by atoms with van der Waals surface area (Å²) in [4.78, 5) is 41.3. The number of esters is 1. The third-order valence-corrected chi connectivity index (χ3v) is 4.23. The molecule has 1 atom stereocenters. The molecule has 3 rings (SSSR count). The maximum absolute atomic E-state index is 12.6. The number of ether oxygens (including phenoxy) is 4. The van der Waals surface area contributed by atoms with E-state index in [4.69, 9.17) is 24.7 Å². The average molecular weight is 389 g/mol. The van der Waals surface area contributed by atoms with Crippen LogP contribution in [0.25, 0.3) is 0 Å². The quantitative estimate of drug-likeness (QED) is 0.621. The lowest BCUT2D eigenvalue weighted by atomic mass is 9.84. The maximum atomic E-state index is 12.6. The summed E-state index contributed by atoms with van der Waals surface area (Å²) in [6.07, 6.45) is 0. The van der Waals surface area contributed by atoms with Gasteiger partial charge in [-0.25, -0.2) is 9.59 Å². The Morgan fingerprint density at radius 3 is 2.54 bits per heavy atom. The molecule has 2 aromatic rings. The number of nitrogens with two attached hydrogens (primary N) is 1. The van der Waals surface area contributed by atoms with Gasteiger partial charge in [-0.2, -0.15) is 0 Å². The fourth-order valence-electron chi connectivity index (χ4n) is 3.06. The van der Waals surface area contributed by atoms with Crippen molar-refractivity contribution in [2.24, 2.45) is 5.73 Å². The van der Waals surface area contributed by atoms with E-state index in [1.54, 1.807) is 25.1 Å². The van der Waals surface area contributed by atoms with E-state index in [1.165, 1.54) is 14.2 Å². The Hall–Kier alpha value is -3.69. The standard InChI is InChI=1S/C18H19N3O7/c1-4-27-17(23)12-11(8-5-6-9(25-2)10(7-8)26-3)13-15(22)20-18(24)21-16(13)28-14(12)19/h5-7,11H,4,19H2,1-3H3,(H2,20,21,22,24). The van der Waals surface area contributed by atoms with Crippen LogP contribution in [0, 0.1) is 0 Å². The summed E-state index contributed by atoms with van der Waals surface area (Å²) in [5.41, 5.74) is 4.92. The Balaban J connectivity index is 2.29. The molecular weight excluding hydrogens is 370 g/mol. The highest BCUT2D eigenvalue weighted by atomic mass is 16.5. The summed E-state index contributed by atoms with van der Waals surface area (Å²) < 4.78 is 21.0. The molecule has 10 heteroatoms. The highest BCUT2D eigenvalue weighted by molar-refractivity contribution is 5.92. The second-order valence-electron chi connectivity index (χ2n) is 5.80. The van der Waals surface area contributed by atoms with Crippen molar-refractivity contribution in [3.05, 3.63) is 61.6 Å². The molecule has 1 aromatic carbocycles. The summed E-state index contributed by atoms with van der Waals surface area (Å²) in [6, 6.07) is 4.88. The lowest BCUT2D eigenvalue weighted by Crippen LogP contribution is -2.35. The Morgan fingerprint density at radius 2 is 1.89 bits per heavy atom. The third-order valence-electron chi connectivity index (χ3n) is 4.23. The fraction of sp³-hybridized carbons (Fsp3) is 0.278. The number of fused-ring (bicyclic) bond motifs is 1. The van der Waals surface area contributed by atoms with Gasteiger partial charge in [0.2, 0.25) is 11.8 Å². The van der Waals surface area contributed by atoms with Gasteiger partial charge in [-0.15, -0.1) is 0 Å². The second-order valence-corrected chi connectivity index (χ2v) is 5.80. The minimum absolute atomic E-state index is 0.0177. The first-order chi connectivity index (χ1) is 13.4. The van der Waals surface area contributed by atoms with E-state index < -0.39 is 23.1 Å². The molecule has 0 bridgehead atoms. The van der Waals surface area contributed by atoms with Gasteiger partial charge >= 0.3 is 11.7 Å². The number of aromatic nitrogens is 2. The van der Waals surface area contributed by atoms with Crippen LogP contribution in [0.15, 0.2) is 39.2 Å². The van der Waals surface area contributed by atoms with E-state index in [0.29, 0.717) is 17.1 Å². The predicted octanol–water partition coefficient (Wildman–Crippen LogP) is 0.338. The minimum Gasteiger partial charge on any atom is -0.493 e. The predicted molar refractivity (Wildman–Crippen MR) is 97.5 cm³/mol. The molecule has 0 spiro atoms. The zero-order chi connectivity index (χ0) is 20.4. The first-order valence-electron chi connectivity index (χ1n) is 8.34. The molecule has 1 aromatic heterocycles. The largest absolute Gasteiger partial charge is 0.493 e. The zero-order valence-electron chi connectivity index (χ0n) is 15.5. The van der Waals surface area contributed by atoms with E-state index in [0.717, 1.165) is 0 Å². The number of nitrogens with one attached hydrogen (secondary N) is 2. The van der Waals surface area contributed by atoms with E-state index in [1.807, 2.05) is 0 Å². The van der Waals surface area contributed by atoms with Crippen molar-refractivity contribution in [1.29, 1.82) is 0 Å². The molecule has 0 aliphatic carbocycles. The third kappa shape index (κ3) is 3.20. The SMILES string of the molecule is CCOC(=O)C1=C(N)Oc2[nH]c(=O)[nH]c(=O)c2C1c1ccc(OC)c(OC)c1. The number of carbonyl (C=O) groups excluding carboxylic acids is 1. The molecule has 28 heavy (non-hydrogen) atoms. The van der Waals surface area contributed by atoms with Gasteiger partial charge in [-0.1, -0.05) is 6.07 Å². The lowest BCUT2D eigenvalue weighted by molar-refractivity contribution is -0.139. The molecular formula is C18H19N3O7. The van der Waals surface area contributed by atoms with Crippen LogP contribution >= 0.6 is 0 Å². The Labute approximate surface area is 158 Å². The number of carbonyl (C=O) groups is 1. The van der Waals surface area contributed by atoms with Gasteiger partial charge in [-0.3, -0.25) is 14.8 Å². The number of hydrogen-bond acceptors (Lipinski definition) is 8. The number of aromatic amines is 2. The zero-order valence-corrected chi connectivity index (χ0v) is 15.5. The van der Waals surface area contributed by atoms with Crippen LogP contribution in [-0.4, -0.2) is 36.8 Å². The molecule has 1 aliphatic heterocycles. The topological polar surface area (TPSA) is 146 Å². The van der Waals surface area contributed by atoms with E-state index in [-0.39, 0.29) is 29.5 Å². The first kappa shape index (κ1) is 19.1. The number of H-pyrrole nitrogens is 2. The molecule has 0 radical (unpaired) electrons. The molecule has 4 N–H and O–H groups in total. The molecule has 1 aliphatic rings. The van der Waals surface area contributed by atoms with Crippen LogP contribution in [-0.2, 0) is 9.53 Å². The maximum Gasteiger partial charge on any atom is 0.340 e. The summed E-state index contributed by atoms with van der Waals surface area (Å²) in [5.74, 6) is -1.26. The minimum atomic E-state index is -0.955. The second kappa shape index (κ2) is 7.51.